The minimum Gasteiger partial charge on any atom is -0.497 e. The lowest BCUT2D eigenvalue weighted by Gasteiger charge is -2.11. The van der Waals surface area contributed by atoms with Crippen LogP contribution < -0.4 is 10.1 Å². The molecule has 0 aliphatic carbocycles. The number of methoxy groups -OCH3 is 1. The summed E-state index contributed by atoms with van der Waals surface area (Å²) in [7, 11) is 1.40. The SMILES string of the molecule is COc1ccc2c(c1)nc(C(F)(F)F)n2-c1cnc(NC(=O)c2ccc(C)c(N=O)c2)cn1. The molecule has 0 saturated carbocycles. The molecule has 4 rings (SSSR count). The van der Waals surface area contributed by atoms with Crippen LogP contribution in [0, 0.1) is 11.8 Å². The number of halogens is 3. The van der Waals surface area contributed by atoms with Gasteiger partial charge in [0.1, 0.15) is 11.4 Å². The molecule has 0 fully saturated rings. The summed E-state index contributed by atoms with van der Waals surface area (Å²) in [4.78, 5) is 35.0. The molecule has 0 unspecified atom stereocenters. The van der Waals surface area contributed by atoms with Crippen molar-refractivity contribution in [1.29, 1.82) is 0 Å². The fourth-order valence-electron chi connectivity index (χ4n) is 3.15. The highest BCUT2D eigenvalue weighted by molar-refractivity contribution is 6.04. The highest BCUT2D eigenvalue weighted by Crippen LogP contribution is 2.34. The number of carbonyl (C=O) groups is 1. The average molecular weight is 456 g/mol. The third-order valence-electron chi connectivity index (χ3n) is 4.79. The highest BCUT2D eigenvalue weighted by atomic mass is 19.4. The Morgan fingerprint density at radius 1 is 1.12 bits per heavy atom. The first-order valence-electron chi connectivity index (χ1n) is 9.42. The lowest BCUT2D eigenvalue weighted by molar-refractivity contribution is -0.145. The Balaban J connectivity index is 1.67. The second-order valence-corrected chi connectivity index (χ2v) is 6.93. The van der Waals surface area contributed by atoms with Gasteiger partial charge in [-0.15, -0.1) is 4.91 Å². The van der Waals surface area contributed by atoms with Crippen molar-refractivity contribution in [3.8, 4) is 11.6 Å². The number of rotatable bonds is 5. The fraction of sp³-hybridized carbons (Fsp3) is 0.143. The Bertz CT molecular complexity index is 1370. The molecule has 2 aromatic heterocycles. The second kappa shape index (κ2) is 8.30. The largest absolute Gasteiger partial charge is 0.497 e. The quantitative estimate of drug-likeness (QED) is 0.432. The van der Waals surface area contributed by atoms with Crippen LogP contribution in [0.1, 0.15) is 21.7 Å². The van der Waals surface area contributed by atoms with Gasteiger partial charge in [0, 0.05) is 11.6 Å². The molecule has 1 amide bonds. The molecular formula is C21H15F3N6O3. The molecule has 1 N–H and O–H groups in total. The van der Waals surface area contributed by atoms with Gasteiger partial charge in [-0.3, -0.25) is 9.36 Å². The van der Waals surface area contributed by atoms with Crippen molar-refractivity contribution in [2.75, 3.05) is 12.4 Å². The van der Waals surface area contributed by atoms with Gasteiger partial charge in [-0.2, -0.15) is 13.2 Å². The number of nitroso groups, excluding NO2 is 1. The molecule has 9 nitrogen and oxygen atoms in total. The maximum atomic E-state index is 13.6. The Hall–Kier alpha value is -4.35. The molecule has 2 aromatic carbocycles. The van der Waals surface area contributed by atoms with E-state index in [1.165, 1.54) is 37.4 Å². The minimum absolute atomic E-state index is 0.00425. The Kier molecular flexibility index (Phi) is 5.50. The number of amides is 1. The number of fused-ring (bicyclic) bond motifs is 1. The van der Waals surface area contributed by atoms with Crippen molar-refractivity contribution in [3.05, 3.63) is 70.7 Å². The number of nitrogens with one attached hydrogen (secondary N) is 1. The van der Waals surface area contributed by atoms with Crippen LogP contribution in [0.15, 0.2) is 54.0 Å². The van der Waals surface area contributed by atoms with Crippen LogP contribution in [0.25, 0.3) is 16.9 Å². The molecule has 0 radical (unpaired) electrons. The second-order valence-electron chi connectivity index (χ2n) is 6.93. The summed E-state index contributed by atoms with van der Waals surface area (Å²) in [5.41, 5.74) is 1.11. The molecule has 0 atom stereocenters. The van der Waals surface area contributed by atoms with Gasteiger partial charge in [-0.1, -0.05) is 6.07 Å². The molecule has 12 heteroatoms. The normalized spacial score (nSPS) is 11.4. The molecule has 4 aromatic rings. The van der Waals surface area contributed by atoms with E-state index >= 15 is 0 Å². The number of imidazole rings is 1. The van der Waals surface area contributed by atoms with Crippen molar-refractivity contribution in [2.24, 2.45) is 5.18 Å². The molecule has 0 spiro atoms. The summed E-state index contributed by atoms with van der Waals surface area (Å²) < 4.78 is 46.8. The number of aromatic nitrogens is 4. The lowest BCUT2D eigenvalue weighted by Crippen LogP contribution is -2.16. The van der Waals surface area contributed by atoms with E-state index < -0.39 is 17.9 Å². The Morgan fingerprint density at radius 3 is 2.55 bits per heavy atom. The average Bonchev–Trinajstić information content (AvgIpc) is 3.19. The van der Waals surface area contributed by atoms with E-state index in [0.29, 0.717) is 11.3 Å². The summed E-state index contributed by atoms with van der Waals surface area (Å²) in [6.45, 7) is 1.67. The van der Waals surface area contributed by atoms with Gasteiger partial charge >= 0.3 is 6.18 Å². The summed E-state index contributed by atoms with van der Waals surface area (Å²) in [5, 5.41) is 5.34. The first-order chi connectivity index (χ1) is 15.7. The summed E-state index contributed by atoms with van der Waals surface area (Å²) in [6.07, 6.45) is -2.55. The van der Waals surface area contributed by atoms with E-state index in [4.69, 9.17) is 4.74 Å². The standard InChI is InChI=1S/C21H15F3N6O3/c1-11-3-4-12(7-14(11)29-32)19(31)28-17-9-26-18(10-25-17)30-16-6-5-13(33-2)8-15(16)27-20(30)21(22,23)24/h3-10H,1-2H3,(H,25,28,31). The predicted octanol–water partition coefficient (Wildman–Crippen LogP) is 4.80. The van der Waals surface area contributed by atoms with E-state index in [0.717, 1.165) is 17.0 Å². The van der Waals surface area contributed by atoms with E-state index in [1.807, 2.05) is 0 Å². The van der Waals surface area contributed by atoms with Crippen molar-refractivity contribution in [2.45, 2.75) is 13.1 Å². The molecule has 0 aliphatic heterocycles. The third kappa shape index (κ3) is 4.22. The number of benzene rings is 2. The van der Waals surface area contributed by atoms with Crippen molar-refractivity contribution in [1.82, 2.24) is 19.5 Å². The summed E-state index contributed by atoms with van der Waals surface area (Å²) in [5.74, 6) is -1.54. The van der Waals surface area contributed by atoms with Crippen LogP contribution in [0.4, 0.5) is 24.7 Å². The van der Waals surface area contributed by atoms with E-state index in [-0.39, 0.29) is 33.9 Å². The molecule has 168 valence electrons. The van der Waals surface area contributed by atoms with Crippen molar-refractivity contribution in [3.63, 3.8) is 0 Å². The minimum atomic E-state index is -4.75. The van der Waals surface area contributed by atoms with Gasteiger partial charge in [0.25, 0.3) is 5.91 Å². The Labute approximate surface area is 184 Å². The number of carbonyl (C=O) groups excluding carboxylic acids is 1. The monoisotopic (exact) mass is 456 g/mol. The van der Waals surface area contributed by atoms with Crippen LogP contribution in [0.3, 0.4) is 0 Å². The first-order valence-corrected chi connectivity index (χ1v) is 9.42. The number of alkyl halides is 3. The van der Waals surface area contributed by atoms with Gasteiger partial charge < -0.3 is 10.1 Å². The van der Waals surface area contributed by atoms with Crippen LogP contribution in [0.5, 0.6) is 5.75 Å². The van der Waals surface area contributed by atoms with E-state index in [9.17, 15) is 22.9 Å². The number of aryl methyl sites for hydroxylation is 1. The fourth-order valence-corrected chi connectivity index (χ4v) is 3.15. The van der Waals surface area contributed by atoms with Crippen LogP contribution >= 0.6 is 0 Å². The number of nitrogens with zero attached hydrogens (tertiary/aromatic N) is 5. The maximum Gasteiger partial charge on any atom is 0.450 e. The summed E-state index contributed by atoms with van der Waals surface area (Å²) in [6, 6.07) is 8.71. The van der Waals surface area contributed by atoms with E-state index in [2.05, 4.69) is 25.4 Å². The number of ether oxygens (including phenoxy) is 1. The van der Waals surface area contributed by atoms with E-state index in [1.54, 1.807) is 13.0 Å². The maximum absolute atomic E-state index is 13.6. The number of hydrogen-bond acceptors (Lipinski definition) is 7. The van der Waals surface area contributed by atoms with Gasteiger partial charge in [-0.05, 0) is 41.9 Å². The summed E-state index contributed by atoms with van der Waals surface area (Å²) >= 11 is 0. The molecule has 0 aliphatic rings. The smallest absolute Gasteiger partial charge is 0.450 e. The zero-order valence-corrected chi connectivity index (χ0v) is 17.2. The molecule has 0 saturated heterocycles. The molecule has 2 heterocycles. The number of anilines is 1. The Morgan fingerprint density at radius 2 is 1.91 bits per heavy atom. The van der Waals surface area contributed by atoms with Gasteiger partial charge in [0.15, 0.2) is 11.6 Å². The van der Waals surface area contributed by atoms with Crippen LogP contribution in [0.2, 0.25) is 0 Å². The molecule has 33 heavy (non-hydrogen) atoms. The van der Waals surface area contributed by atoms with Gasteiger partial charge in [0.2, 0.25) is 5.82 Å². The van der Waals surface area contributed by atoms with Crippen molar-refractivity contribution < 1.29 is 22.7 Å². The van der Waals surface area contributed by atoms with Gasteiger partial charge in [0.05, 0.1) is 30.5 Å². The lowest BCUT2D eigenvalue weighted by atomic mass is 10.1. The predicted molar refractivity (Wildman–Crippen MR) is 113 cm³/mol. The van der Waals surface area contributed by atoms with Crippen molar-refractivity contribution >= 4 is 28.4 Å². The third-order valence-corrected chi connectivity index (χ3v) is 4.79. The highest BCUT2D eigenvalue weighted by Gasteiger charge is 2.38. The molecule has 0 bridgehead atoms. The van der Waals surface area contributed by atoms with Crippen LogP contribution in [-0.2, 0) is 6.18 Å². The van der Waals surface area contributed by atoms with Crippen LogP contribution in [-0.4, -0.2) is 32.5 Å². The van der Waals surface area contributed by atoms with Gasteiger partial charge in [-0.25, -0.2) is 15.0 Å². The molecular weight excluding hydrogens is 441 g/mol. The topological polar surface area (TPSA) is 111 Å². The number of hydrogen-bond donors (Lipinski definition) is 1. The zero-order valence-electron chi connectivity index (χ0n) is 17.2. The zero-order chi connectivity index (χ0) is 23.8. The first kappa shape index (κ1) is 21.9.